The molecule has 0 fully saturated rings. The van der Waals surface area contributed by atoms with E-state index in [9.17, 15) is 23.1 Å². The molecule has 0 spiro atoms. The number of nitrogens with zero attached hydrogens (tertiary/aromatic N) is 1. The Morgan fingerprint density at radius 3 is 2.48 bits per heavy atom. The minimum Gasteiger partial charge on any atom is -0.387 e. The van der Waals surface area contributed by atoms with E-state index in [4.69, 9.17) is 0 Å². The fourth-order valence-corrected chi connectivity index (χ4v) is 1.62. The lowest BCUT2D eigenvalue weighted by atomic mass is 10.1. The van der Waals surface area contributed by atoms with Gasteiger partial charge in [0.2, 0.25) is 5.76 Å². The summed E-state index contributed by atoms with van der Waals surface area (Å²) in [6, 6.07) is 5.41. The van der Waals surface area contributed by atoms with Gasteiger partial charge < -0.3 is 14.9 Å². The molecule has 0 aliphatic carbocycles. The first kappa shape index (κ1) is 15.0. The summed E-state index contributed by atoms with van der Waals surface area (Å²) in [5.41, 5.74) is -0.537. The van der Waals surface area contributed by atoms with Crippen molar-refractivity contribution < 1.29 is 27.6 Å². The van der Waals surface area contributed by atoms with Crippen molar-refractivity contribution in [1.82, 2.24) is 10.5 Å². The normalized spacial score (nSPS) is 13.0. The molecule has 1 amide bonds. The molecule has 112 valence electrons. The van der Waals surface area contributed by atoms with E-state index in [1.807, 2.05) is 0 Å². The molecule has 5 nitrogen and oxygen atoms in total. The number of hydrogen-bond acceptors (Lipinski definition) is 4. The molecule has 0 bridgehead atoms. The number of halogens is 3. The number of carbonyl (C=O) groups excluding carboxylic acids is 1. The van der Waals surface area contributed by atoms with Gasteiger partial charge in [-0.05, 0) is 17.7 Å². The molecule has 1 aromatic heterocycles. The summed E-state index contributed by atoms with van der Waals surface area (Å²) >= 11 is 0. The molecule has 1 atom stereocenters. The van der Waals surface area contributed by atoms with Gasteiger partial charge in [0, 0.05) is 12.6 Å². The second-order valence-electron chi connectivity index (χ2n) is 4.22. The van der Waals surface area contributed by atoms with Gasteiger partial charge in [0.1, 0.15) is 0 Å². The molecule has 1 aromatic carbocycles. The second kappa shape index (κ2) is 5.96. The van der Waals surface area contributed by atoms with Crippen LogP contribution in [0.2, 0.25) is 0 Å². The number of nitrogens with one attached hydrogen (secondary N) is 1. The monoisotopic (exact) mass is 300 g/mol. The highest BCUT2D eigenvalue weighted by atomic mass is 19.4. The fourth-order valence-electron chi connectivity index (χ4n) is 1.62. The predicted octanol–water partition coefficient (Wildman–Crippen LogP) is 2.16. The zero-order valence-electron chi connectivity index (χ0n) is 10.6. The summed E-state index contributed by atoms with van der Waals surface area (Å²) in [6.07, 6.45) is -4.26. The van der Waals surface area contributed by atoms with Crippen molar-refractivity contribution >= 4 is 5.91 Å². The highest BCUT2D eigenvalue weighted by Gasteiger charge is 2.30. The van der Waals surface area contributed by atoms with Crippen molar-refractivity contribution in [3.63, 3.8) is 0 Å². The molecule has 0 radical (unpaired) electrons. The zero-order chi connectivity index (χ0) is 15.5. The first-order valence-electron chi connectivity index (χ1n) is 5.92. The van der Waals surface area contributed by atoms with Crippen LogP contribution in [0, 0.1) is 0 Å². The molecule has 1 heterocycles. The molecular weight excluding hydrogens is 289 g/mol. The van der Waals surface area contributed by atoms with Gasteiger partial charge in [0.15, 0.2) is 0 Å². The number of carbonyl (C=O) groups is 1. The Morgan fingerprint density at radius 2 is 1.95 bits per heavy atom. The summed E-state index contributed by atoms with van der Waals surface area (Å²) in [7, 11) is 0. The number of aliphatic hydroxyl groups is 1. The third kappa shape index (κ3) is 3.82. The molecule has 2 N–H and O–H groups in total. The van der Waals surface area contributed by atoms with Crippen molar-refractivity contribution in [3.05, 3.63) is 53.4 Å². The van der Waals surface area contributed by atoms with Gasteiger partial charge in [0.05, 0.1) is 17.9 Å². The molecule has 0 saturated carbocycles. The number of aliphatic hydroxyl groups excluding tert-OH is 1. The lowest BCUT2D eigenvalue weighted by molar-refractivity contribution is -0.137. The first-order chi connectivity index (χ1) is 9.88. The molecular formula is C13H11F3N2O3. The van der Waals surface area contributed by atoms with Crippen LogP contribution in [-0.2, 0) is 6.18 Å². The molecule has 0 saturated heterocycles. The topological polar surface area (TPSA) is 75.4 Å². The van der Waals surface area contributed by atoms with Gasteiger partial charge in [-0.1, -0.05) is 17.3 Å². The summed E-state index contributed by atoms with van der Waals surface area (Å²) in [6.45, 7) is -0.162. The maximum Gasteiger partial charge on any atom is 0.416 e. The third-order valence-electron chi connectivity index (χ3n) is 2.74. The Hall–Kier alpha value is -2.35. The molecule has 21 heavy (non-hydrogen) atoms. The van der Waals surface area contributed by atoms with Crippen LogP contribution in [-0.4, -0.2) is 22.7 Å². The van der Waals surface area contributed by atoms with Crippen molar-refractivity contribution in [2.75, 3.05) is 6.54 Å². The third-order valence-corrected chi connectivity index (χ3v) is 2.74. The molecule has 0 aliphatic rings. The van der Waals surface area contributed by atoms with Gasteiger partial charge in [-0.25, -0.2) is 0 Å². The molecule has 2 aromatic rings. The van der Waals surface area contributed by atoms with Crippen LogP contribution < -0.4 is 5.32 Å². The SMILES string of the molecule is O=C(NCC(O)c1ccc(C(F)(F)F)cc1)c1ccno1. The summed E-state index contributed by atoms with van der Waals surface area (Å²) in [5, 5.41) is 15.6. The summed E-state index contributed by atoms with van der Waals surface area (Å²) in [4.78, 5) is 11.5. The largest absolute Gasteiger partial charge is 0.416 e. The maximum absolute atomic E-state index is 12.4. The van der Waals surface area contributed by atoms with E-state index < -0.39 is 23.8 Å². The number of hydrogen-bond donors (Lipinski definition) is 2. The number of benzene rings is 1. The van der Waals surface area contributed by atoms with Crippen molar-refractivity contribution in [2.24, 2.45) is 0 Å². The van der Waals surface area contributed by atoms with Crippen LogP contribution >= 0.6 is 0 Å². The fraction of sp³-hybridized carbons (Fsp3) is 0.231. The lowest BCUT2D eigenvalue weighted by Gasteiger charge is -2.13. The van der Waals surface area contributed by atoms with Gasteiger partial charge in [-0.3, -0.25) is 4.79 Å². The summed E-state index contributed by atoms with van der Waals surface area (Å²) in [5.74, 6) is -0.590. The van der Waals surface area contributed by atoms with Gasteiger partial charge in [-0.2, -0.15) is 13.2 Å². The maximum atomic E-state index is 12.4. The van der Waals surface area contributed by atoms with E-state index >= 15 is 0 Å². The summed E-state index contributed by atoms with van der Waals surface area (Å²) < 4.78 is 41.8. The van der Waals surface area contributed by atoms with Crippen LogP contribution in [0.5, 0.6) is 0 Å². The van der Waals surface area contributed by atoms with E-state index in [-0.39, 0.29) is 17.9 Å². The van der Waals surface area contributed by atoms with Crippen LogP contribution in [0.25, 0.3) is 0 Å². The van der Waals surface area contributed by atoms with Gasteiger partial charge in [-0.15, -0.1) is 0 Å². The average molecular weight is 300 g/mol. The predicted molar refractivity (Wildman–Crippen MR) is 65.2 cm³/mol. The van der Waals surface area contributed by atoms with E-state index in [0.29, 0.717) is 0 Å². The Kier molecular flexibility index (Phi) is 4.27. The van der Waals surface area contributed by atoms with Gasteiger partial charge >= 0.3 is 6.18 Å². The van der Waals surface area contributed by atoms with Crippen molar-refractivity contribution in [3.8, 4) is 0 Å². The first-order valence-corrected chi connectivity index (χ1v) is 5.92. The Labute approximate surface area is 117 Å². The Bertz CT molecular complexity index is 594. The van der Waals surface area contributed by atoms with Crippen LogP contribution in [0.4, 0.5) is 13.2 Å². The second-order valence-corrected chi connectivity index (χ2v) is 4.22. The highest BCUT2D eigenvalue weighted by molar-refractivity contribution is 5.91. The Balaban J connectivity index is 1.94. The number of alkyl halides is 3. The molecule has 2 rings (SSSR count). The van der Waals surface area contributed by atoms with Crippen LogP contribution in [0.15, 0.2) is 41.1 Å². The number of amides is 1. The van der Waals surface area contributed by atoms with Crippen LogP contribution in [0.1, 0.15) is 27.8 Å². The smallest absolute Gasteiger partial charge is 0.387 e. The zero-order valence-corrected chi connectivity index (χ0v) is 10.6. The van der Waals surface area contributed by atoms with E-state index in [1.165, 1.54) is 12.3 Å². The van der Waals surface area contributed by atoms with E-state index in [0.717, 1.165) is 24.3 Å². The van der Waals surface area contributed by atoms with Gasteiger partial charge in [0.25, 0.3) is 5.91 Å². The minimum atomic E-state index is -4.43. The van der Waals surface area contributed by atoms with E-state index in [2.05, 4.69) is 15.0 Å². The molecule has 1 unspecified atom stereocenters. The minimum absolute atomic E-state index is 0.0189. The van der Waals surface area contributed by atoms with E-state index in [1.54, 1.807) is 0 Å². The average Bonchev–Trinajstić information content (AvgIpc) is 2.98. The lowest BCUT2D eigenvalue weighted by Crippen LogP contribution is -2.28. The highest BCUT2D eigenvalue weighted by Crippen LogP contribution is 2.29. The number of rotatable bonds is 4. The molecule has 0 aliphatic heterocycles. The van der Waals surface area contributed by atoms with Crippen LogP contribution in [0.3, 0.4) is 0 Å². The quantitative estimate of drug-likeness (QED) is 0.907. The standard InChI is InChI=1S/C13H11F3N2O3/c14-13(15,16)9-3-1-8(2-4-9)10(19)7-17-12(20)11-5-6-18-21-11/h1-6,10,19H,7H2,(H,17,20). The van der Waals surface area contributed by atoms with Crippen molar-refractivity contribution in [1.29, 1.82) is 0 Å². The molecule has 8 heteroatoms. The van der Waals surface area contributed by atoms with Crippen molar-refractivity contribution in [2.45, 2.75) is 12.3 Å². The number of aromatic nitrogens is 1. The Morgan fingerprint density at radius 1 is 1.29 bits per heavy atom.